The van der Waals surface area contributed by atoms with Gasteiger partial charge >= 0.3 is 5.97 Å². The summed E-state index contributed by atoms with van der Waals surface area (Å²) in [6.45, 7) is 1.03. The molecular formula is C12H14INO2. The molecule has 0 aromatic heterocycles. The average molecular weight is 331 g/mol. The van der Waals surface area contributed by atoms with E-state index in [4.69, 9.17) is 4.74 Å². The molecule has 0 saturated carbocycles. The molecule has 86 valence electrons. The molecule has 16 heavy (non-hydrogen) atoms. The molecule has 4 heteroatoms. The van der Waals surface area contributed by atoms with Crippen LogP contribution >= 0.6 is 22.6 Å². The van der Waals surface area contributed by atoms with Gasteiger partial charge in [0.15, 0.2) is 0 Å². The maximum absolute atomic E-state index is 11.7. The van der Waals surface area contributed by atoms with Crippen LogP contribution in [0.15, 0.2) is 18.2 Å². The Labute approximate surface area is 109 Å². The summed E-state index contributed by atoms with van der Waals surface area (Å²) in [5.74, 6) is -0.248. The molecular weight excluding hydrogens is 317 g/mol. The molecule has 0 radical (unpaired) electrons. The highest BCUT2D eigenvalue weighted by Crippen LogP contribution is 2.27. The van der Waals surface area contributed by atoms with Crippen LogP contribution in [0, 0.1) is 3.57 Å². The molecule has 1 saturated heterocycles. The second-order valence-corrected chi connectivity index (χ2v) is 5.12. The third kappa shape index (κ3) is 2.38. The van der Waals surface area contributed by atoms with Crippen molar-refractivity contribution in [3.05, 3.63) is 32.9 Å². The van der Waals surface area contributed by atoms with Crippen molar-refractivity contribution in [2.24, 2.45) is 0 Å². The Morgan fingerprint density at radius 3 is 3.00 bits per heavy atom. The van der Waals surface area contributed by atoms with Crippen molar-refractivity contribution < 1.29 is 9.53 Å². The fourth-order valence-electron chi connectivity index (χ4n) is 2.07. The second-order valence-electron chi connectivity index (χ2n) is 3.87. The van der Waals surface area contributed by atoms with E-state index in [1.165, 1.54) is 7.11 Å². The topological polar surface area (TPSA) is 38.3 Å². The fourth-order valence-corrected chi connectivity index (χ4v) is 2.56. The molecule has 1 aromatic carbocycles. The van der Waals surface area contributed by atoms with Crippen LogP contribution in [0.4, 0.5) is 0 Å². The molecule has 1 fully saturated rings. The van der Waals surface area contributed by atoms with E-state index in [2.05, 4.69) is 27.9 Å². The number of carbonyl (C=O) groups is 1. The number of methoxy groups -OCH3 is 1. The second kappa shape index (κ2) is 5.14. The van der Waals surface area contributed by atoms with Gasteiger partial charge in [0.1, 0.15) is 0 Å². The highest BCUT2D eigenvalue weighted by molar-refractivity contribution is 14.1. The Hall–Kier alpha value is -0.620. The van der Waals surface area contributed by atoms with Gasteiger partial charge in [0, 0.05) is 9.61 Å². The van der Waals surface area contributed by atoms with Crippen molar-refractivity contribution in [3.63, 3.8) is 0 Å². The Morgan fingerprint density at radius 2 is 2.38 bits per heavy atom. The van der Waals surface area contributed by atoms with Crippen LogP contribution in [0.1, 0.15) is 34.8 Å². The molecule has 1 aliphatic rings. The molecule has 2 rings (SSSR count). The van der Waals surface area contributed by atoms with E-state index in [1.54, 1.807) is 0 Å². The summed E-state index contributed by atoms with van der Waals surface area (Å²) in [6, 6.07) is 6.24. The lowest BCUT2D eigenvalue weighted by Crippen LogP contribution is -2.17. The minimum Gasteiger partial charge on any atom is -0.465 e. The lowest BCUT2D eigenvalue weighted by atomic mass is 9.99. The molecule has 0 amide bonds. The number of hydrogen-bond donors (Lipinski definition) is 1. The predicted octanol–water partition coefficient (Wildman–Crippen LogP) is 2.50. The largest absolute Gasteiger partial charge is 0.465 e. The lowest BCUT2D eigenvalue weighted by Gasteiger charge is -2.14. The van der Waals surface area contributed by atoms with Crippen LogP contribution in [-0.2, 0) is 4.74 Å². The number of benzene rings is 1. The van der Waals surface area contributed by atoms with Crippen LogP contribution < -0.4 is 5.32 Å². The molecule has 1 N–H and O–H groups in total. The molecule has 1 heterocycles. The van der Waals surface area contributed by atoms with Crippen LogP contribution in [0.3, 0.4) is 0 Å². The van der Waals surface area contributed by atoms with Gasteiger partial charge in [0.05, 0.1) is 12.7 Å². The van der Waals surface area contributed by atoms with E-state index in [1.807, 2.05) is 18.2 Å². The number of rotatable bonds is 2. The molecule has 0 bridgehead atoms. The smallest absolute Gasteiger partial charge is 0.338 e. The zero-order valence-electron chi connectivity index (χ0n) is 9.13. The Balaban J connectivity index is 2.38. The zero-order chi connectivity index (χ0) is 11.5. The lowest BCUT2D eigenvalue weighted by molar-refractivity contribution is 0.0598. The van der Waals surface area contributed by atoms with E-state index in [-0.39, 0.29) is 5.97 Å². The summed E-state index contributed by atoms with van der Waals surface area (Å²) in [5, 5.41) is 3.40. The zero-order valence-corrected chi connectivity index (χ0v) is 11.3. The molecule has 0 aliphatic carbocycles. The van der Waals surface area contributed by atoms with E-state index in [9.17, 15) is 4.79 Å². The van der Waals surface area contributed by atoms with Crippen molar-refractivity contribution in [1.82, 2.24) is 5.32 Å². The Bertz CT molecular complexity index is 400. The van der Waals surface area contributed by atoms with Crippen LogP contribution in [0.25, 0.3) is 0 Å². The minimum atomic E-state index is -0.248. The highest BCUT2D eigenvalue weighted by atomic mass is 127. The first-order valence-corrected chi connectivity index (χ1v) is 6.41. The third-order valence-corrected chi connectivity index (χ3v) is 3.53. The van der Waals surface area contributed by atoms with E-state index < -0.39 is 0 Å². The highest BCUT2D eigenvalue weighted by Gasteiger charge is 2.22. The van der Waals surface area contributed by atoms with E-state index >= 15 is 0 Å². The van der Waals surface area contributed by atoms with Gasteiger partial charge in [-0.25, -0.2) is 4.79 Å². The molecule has 0 unspecified atom stereocenters. The number of carbonyl (C=O) groups excluding carboxylic acids is 1. The number of esters is 1. The van der Waals surface area contributed by atoms with Crippen molar-refractivity contribution in [2.75, 3.05) is 13.7 Å². The van der Waals surface area contributed by atoms with Crippen molar-refractivity contribution in [3.8, 4) is 0 Å². The van der Waals surface area contributed by atoms with E-state index in [0.717, 1.165) is 28.5 Å². The summed E-state index contributed by atoms with van der Waals surface area (Å²) < 4.78 is 5.88. The maximum atomic E-state index is 11.7. The standard InChI is InChI=1S/C12H14INO2/c1-16-12(15)10-7-8(13)4-5-9(10)11-3-2-6-14-11/h4-5,7,11,14H,2-3,6H2,1H3/t11-/m1/s1. The fraction of sp³-hybridized carbons (Fsp3) is 0.417. The molecule has 1 atom stereocenters. The summed E-state index contributed by atoms with van der Waals surface area (Å²) in [4.78, 5) is 11.7. The first-order chi connectivity index (χ1) is 7.72. The number of ether oxygens (including phenoxy) is 1. The molecule has 1 aliphatic heterocycles. The number of nitrogens with one attached hydrogen (secondary N) is 1. The van der Waals surface area contributed by atoms with Gasteiger partial charge in [0.2, 0.25) is 0 Å². The van der Waals surface area contributed by atoms with Gasteiger partial charge in [-0.15, -0.1) is 0 Å². The summed E-state index contributed by atoms with van der Waals surface area (Å²) >= 11 is 2.21. The summed E-state index contributed by atoms with van der Waals surface area (Å²) in [6.07, 6.45) is 2.25. The molecule has 1 aromatic rings. The van der Waals surface area contributed by atoms with Gasteiger partial charge < -0.3 is 10.1 Å². The summed E-state index contributed by atoms with van der Waals surface area (Å²) in [5.41, 5.74) is 1.75. The first kappa shape index (κ1) is 11.9. The van der Waals surface area contributed by atoms with Gasteiger partial charge in [-0.1, -0.05) is 6.07 Å². The van der Waals surface area contributed by atoms with Crippen LogP contribution in [0.5, 0.6) is 0 Å². The van der Waals surface area contributed by atoms with Crippen LogP contribution in [0.2, 0.25) is 0 Å². The minimum absolute atomic E-state index is 0.248. The van der Waals surface area contributed by atoms with Gasteiger partial charge in [-0.2, -0.15) is 0 Å². The van der Waals surface area contributed by atoms with Crippen molar-refractivity contribution in [1.29, 1.82) is 0 Å². The van der Waals surface area contributed by atoms with Crippen molar-refractivity contribution in [2.45, 2.75) is 18.9 Å². The molecule has 3 nitrogen and oxygen atoms in total. The SMILES string of the molecule is COC(=O)c1cc(I)ccc1[C@H]1CCCN1. The van der Waals surface area contributed by atoms with Gasteiger partial charge in [-0.05, 0) is 59.7 Å². The average Bonchev–Trinajstić information content (AvgIpc) is 2.81. The predicted molar refractivity (Wildman–Crippen MR) is 70.5 cm³/mol. The number of halogens is 1. The quantitative estimate of drug-likeness (QED) is 0.668. The van der Waals surface area contributed by atoms with Crippen molar-refractivity contribution >= 4 is 28.6 Å². The van der Waals surface area contributed by atoms with Gasteiger partial charge in [-0.3, -0.25) is 0 Å². The summed E-state index contributed by atoms with van der Waals surface area (Å²) in [7, 11) is 1.42. The first-order valence-electron chi connectivity index (χ1n) is 5.33. The van der Waals surface area contributed by atoms with Crippen LogP contribution in [-0.4, -0.2) is 19.6 Å². The normalized spacial score (nSPS) is 19.8. The maximum Gasteiger partial charge on any atom is 0.338 e. The Kier molecular flexibility index (Phi) is 3.81. The Morgan fingerprint density at radius 1 is 1.56 bits per heavy atom. The third-order valence-electron chi connectivity index (χ3n) is 2.86. The van der Waals surface area contributed by atoms with Gasteiger partial charge in [0.25, 0.3) is 0 Å². The monoisotopic (exact) mass is 331 g/mol. The van der Waals surface area contributed by atoms with E-state index in [0.29, 0.717) is 11.6 Å². The molecule has 0 spiro atoms. The number of hydrogen-bond acceptors (Lipinski definition) is 3.